The molecule has 1 aromatic heterocycles. The molecule has 0 bridgehead atoms. The Kier molecular flexibility index (Phi) is 6.96. The highest BCUT2D eigenvalue weighted by Crippen LogP contribution is 2.24. The van der Waals surface area contributed by atoms with Crippen molar-refractivity contribution in [3.63, 3.8) is 0 Å². The van der Waals surface area contributed by atoms with E-state index in [1.165, 1.54) is 5.56 Å². The first-order valence-corrected chi connectivity index (χ1v) is 7.35. The molecule has 1 heterocycles. The smallest absolute Gasteiger partial charge is 0.0454 e. The number of nitrogens with zero attached hydrogens (tertiary/aromatic N) is 1. The molecule has 2 nitrogen and oxygen atoms in total. The molecule has 108 valence electrons. The van der Waals surface area contributed by atoms with Crippen molar-refractivity contribution in [2.45, 2.75) is 25.3 Å². The Balaban J connectivity index is 0.00000200. The summed E-state index contributed by atoms with van der Waals surface area (Å²) in [6.45, 7) is 2.02. The summed E-state index contributed by atoms with van der Waals surface area (Å²) in [6.07, 6.45) is 2.68. The van der Waals surface area contributed by atoms with Gasteiger partial charge >= 0.3 is 0 Å². The van der Waals surface area contributed by atoms with E-state index in [2.05, 4.69) is 20.9 Å². The Hall–Kier alpha value is -0.610. The van der Waals surface area contributed by atoms with Crippen molar-refractivity contribution in [3.8, 4) is 0 Å². The highest BCUT2D eigenvalue weighted by molar-refractivity contribution is 9.10. The molecule has 5 heteroatoms. The Morgan fingerprint density at radius 2 is 1.85 bits per heavy atom. The Morgan fingerprint density at radius 3 is 2.35 bits per heavy atom. The molecule has 0 aliphatic heterocycles. The van der Waals surface area contributed by atoms with Crippen molar-refractivity contribution in [3.05, 3.63) is 63.3 Å². The van der Waals surface area contributed by atoms with E-state index in [-0.39, 0.29) is 24.4 Å². The van der Waals surface area contributed by atoms with Gasteiger partial charge in [0.05, 0.1) is 0 Å². The van der Waals surface area contributed by atoms with Crippen LogP contribution < -0.4 is 5.73 Å². The van der Waals surface area contributed by atoms with Gasteiger partial charge in [0.1, 0.15) is 0 Å². The molecule has 0 spiro atoms. The summed E-state index contributed by atoms with van der Waals surface area (Å²) in [4.78, 5) is 4.46. The van der Waals surface area contributed by atoms with Gasteiger partial charge in [0.15, 0.2) is 0 Å². The molecule has 0 amide bonds. The van der Waals surface area contributed by atoms with Crippen LogP contribution in [0.1, 0.15) is 24.1 Å². The zero-order valence-corrected chi connectivity index (χ0v) is 14.3. The molecule has 1 aromatic carbocycles. The van der Waals surface area contributed by atoms with Gasteiger partial charge in [-0.25, -0.2) is 0 Å². The number of benzene rings is 1. The van der Waals surface area contributed by atoms with Crippen LogP contribution in [0.3, 0.4) is 0 Å². The van der Waals surface area contributed by atoms with Crippen molar-refractivity contribution in [1.29, 1.82) is 0 Å². The standard InChI is InChI=1S/C15H16BrClN2.ClH/c1-10(18)14(15-7-4-12(16)9-19-15)8-11-2-5-13(17)6-3-11;/h2-7,9-10,14H,8,18H2,1H3;1H. The lowest BCUT2D eigenvalue weighted by atomic mass is 9.90. The van der Waals surface area contributed by atoms with Crippen LogP contribution in [0.2, 0.25) is 5.02 Å². The first-order chi connectivity index (χ1) is 9.06. The number of nitrogens with two attached hydrogens (primary N) is 1. The highest BCUT2D eigenvalue weighted by atomic mass is 79.9. The SMILES string of the molecule is CC(N)C(Cc1ccc(Cl)cc1)c1ccc(Br)cn1.Cl. The average Bonchev–Trinajstić information content (AvgIpc) is 2.39. The molecule has 0 fully saturated rings. The number of pyridine rings is 1. The van der Waals surface area contributed by atoms with Crippen LogP contribution in [0, 0.1) is 0 Å². The minimum Gasteiger partial charge on any atom is -0.327 e. The molecule has 0 radical (unpaired) electrons. The fraction of sp³-hybridized carbons (Fsp3) is 0.267. The van der Waals surface area contributed by atoms with E-state index in [0.717, 1.165) is 21.6 Å². The van der Waals surface area contributed by atoms with Gasteiger partial charge in [-0.05, 0) is 59.1 Å². The second kappa shape index (κ2) is 7.99. The van der Waals surface area contributed by atoms with Crippen LogP contribution in [-0.2, 0) is 6.42 Å². The van der Waals surface area contributed by atoms with Crippen LogP contribution >= 0.6 is 39.9 Å². The van der Waals surface area contributed by atoms with E-state index in [1.807, 2.05) is 49.5 Å². The normalized spacial score (nSPS) is 13.4. The maximum absolute atomic E-state index is 6.11. The predicted octanol–water partition coefficient (Wildman–Crippen LogP) is 4.59. The van der Waals surface area contributed by atoms with Gasteiger partial charge < -0.3 is 5.73 Å². The van der Waals surface area contributed by atoms with Gasteiger partial charge in [-0.1, -0.05) is 23.7 Å². The summed E-state index contributed by atoms with van der Waals surface area (Å²) in [5.74, 6) is 0.203. The van der Waals surface area contributed by atoms with Gasteiger partial charge in [-0.2, -0.15) is 0 Å². The van der Waals surface area contributed by atoms with Crippen molar-refractivity contribution < 1.29 is 0 Å². The van der Waals surface area contributed by atoms with Crippen molar-refractivity contribution >= 4 is 39.9 Å². The number of rotatable bonds is 4. The van der Waals surface area contributed by atoms with Gasteiger partial charge in [-0.3, -0.25) is 4.98 Å². The number of halogens is 3. The summed E-state index contributed by atoms with van der Waals surface area (Å²) < 4.78 is 0.978. The van der Waals surface area contributed by atoms with Crippen LogP contribution in [0.25, 0.3) is 0 Å². The third-order valence-corrected chi connectivity index (χ3v) is 3.85. The summed E-state index contributed by atoms with van der Waals surface area (Å²) in [7, 11) is 0. The molecule has 20 heavy (non-hydrogen) atoms. The molecule has 0 aliphatic rings. The van der Waals surface area contributed by atoms with E-state index in [9.17, 15) is 0 Å². The molecule has 2 unspecified atom stereocenters. The van der Waals surface area contributed by atoms with Gasteiger partial charge in [0.25, 0.3) is 0 Å². The second-order valence-corrected chi connectivity index (χ2v) is 6.05. The summed E-state index contributed by atoms with van der Waals surface area (Å²) >= 11 is 9.30. The molecule has 2 aromatic rings. The fourth-order valence-corrected chi connectivity index (χ4v) is 2.40. The van der Waals surface area contributed by atoms with E-state index < -0.39 is 0 Å². The van der Waals surface area contributed by atoms with E-state index >= 15 is 0 Å². The molecule has 0 aliphatic carbocycles. The van der Waals surface area contributed by atoms with Gasteiger partial charge in [0, 0.05) is 33.3 Å². The molecule has 2 atom stereocenters. The van der Waals surface area contributed by atoms with Crippen LogP contribution in [-0.4, -0.2) is 11.0 Å². The minimum atomic E-state index is 0. The number of hydrogen-bond acceptors (Lipinski definition) is 2. The average molecular weight is 376 g/mol. The molecule has 2 rings (SSSR count). The van der Waals surface area contributed by atoms with Crippen LogP contribution in [0.5, 0.6) is 0 Å². The summed E-state index contributed by atoms with van der Waals surface area (Å²) in [6, 6.07) is 12.0. The monoisotopic (exact) mass is 374 g/mol. The topological polar surface area (TPSA) is 38.9 Å². The van der Waals surface area contributed by atoms with E-state index in [1.54, 1.807) is 0 Å². The third-order valence-electron chi connectivity index (χ3n) is 3.13. The van der Waals surface area contributed by atoms with Crippen LogP contribution in [0.15, 0.2) is 47.1 Å². The van der Waals surface area contributed by atoms with Crippen molar-refractivity contribution in [2.24, 2.45) is 5.73 Å². The van der Waals surface area contributed by atoms with Crippen molar-refractivity contribution in [2.75, 3.05) is 0 Å². The Morgan fingerprint density at radius 1 is 1.20 bits per heavy atom. The maximum atomic E-state index is 6.11. The molecular weight excluding hydrogens is 359 g/mol. The maximum Gasteiger partial charge on any atom is 0.0454 e. The first-order valence-electron chi connectivity index (χ1n) is 6.17. The van der Waals surface area contributed by atoms with Gasteiger partial charge in [0.2, 0.25) is 0 Å². The van der Waals surface area contributed by atoms with E-state index in [4.69, 9.17) is 17.3 Å². The van der Waals surface area contributed by atoms with Crippen molar-refractivity contribution in [1.82, 2.24) is 4.98 Å². The summed E-state index contributed by atoms with van der Waals surface area (Å²) in [5.41, 5.74) is 8.35. The lowest BCUT2D eigenvalue weighted by molar-refractivity contribution is 0.552. The lowest BCUT2D eigenvalue weighted by Crippen LogP contribution is -2.27. The second-order valence-electron chi connectivity index (χ2n) is 4.70. The van der Waals surface area contributed by atoms with E-state index in [0.29, 0.717) is 0 Å². The van der Waals surface area contributed by atoms with Crippen LogP contribution in [0.4, 0.5) is 0 Å². The zero-order valence-electron chi connectivity index (χ0n) is 11.1. The third kappa shape index (κ3) is 4.74. The number of aromatic nitrogens is 1. The largest absolute Gasteiger partial charge is 0.327 e. The summed E-state index contributed by atoms with van der Waals surface area (Å²) in [5, 5.41) is 0.753. The molecular formula is C15H17BrCl2N2. The Bertz CT molecular complexity index is 527. The van der Waals surface area contributed by atoms with Gasteiger partial charge in [-0.15, -0.1) is 12.4 Å². The number of hydrogen-bond donors (Lipinski definition) is 1. The predicted molar refractivity (Wildman–Crippen MR) is 90.7 cm³/mol. The minimum absolute atomic E-state index is 0. The zero-order chi connectivity index (χ0) is 13.8. The first kappa shape index (κ1) is 17.4. The quantitative estimate of drug-likeness (QED) is 0.848. The lowest BCUT2D eigenvalue weighted by Gasteiger charge is -2.20. The Labute approximate surface area is 139 Å². The molecule has 2 N–H and O–H groups in total. The molecule has 0 saturated carbocycles. The fourth-order valence-electron chi connectivity index (χ4n) is 2.04. The molecule has 0 saturated heterocycles. The highest BCUT2D eigenvalue weighted by Gasteiger charge is 2.18.